The van der Waals surface area contributed by atoms with Crippen LogP contribution in [-0.4, -0.2) is 30.4 Å². The molecule has 0 bridgehead atoms. The highest BCUT2D eigenvalue weighted by Gasteiger charge is 2.40. The summed E-state index contributed by atoms with van der Waals surface area (Å²) in [5, 5.41) is 2.90. The van der Waals surface area contributed by atoms with Gasteiger partial charge in [0.15, 0.2) is 0 Å². The summed E-state index contributed by atoms with van der Waals surface area (Å²) in [5.74, 6) is -0.375. The predicted molar refractivity (Wildman–Crippen MR) is 67.4 cm³/mol. The highest BCUT2D eigenvalue weighted by molar-refractivity contribution is 5.96. The second-order valence-corrected chi connectivity index (χ2v) is 4.93. The van der Waals surface area contributed by atoms with E-state index in [9.17, 15) is 9.59 Å². The van der Waals surface area contributed by atoms with Crippen molar-refractivity contribution in [1.82, 2.24) is 5.32 Å². The third-order valence-corrected chi connectivity index (χ3v) is 3.75. The Bertz CT molecular complexity index is 541. The molecular weight excluding hydrogens is 230 g/mol. The number of fused-ring (bicyclic) bond motifs is 3. The first-order valence-electron chi connectivity index (χ1n) is 6.06. The van der Waals surface area contributed by atoms with E-state index in [1.807, 2.05) is 6.07 Å². The first-order valence-corrected chi connectivity index (χ1v) is 6.06. The van der Waals surface area contributed by atoms with Crippen molar-refractivity contribution >= 4 is 17.5 Å². The number of nitrogens with one attached hydrogen (secondary N) is 1. The molecule has 2 amide bonds. The highest BCUT2D eigenvalue weighted by Crippen LogP contribution is 2.36. The number of piperazine rings is 1. The van der Waals surface area contributed by atoms with Crippen LogP contribution < -0.4 is 16.0 Å². The minimum Gasteiger partial charge on any atom is -0.366 e. The molecule has 18 heavy (non-hydrogen) atoms. The third kappa shape index (κ3) is 1.47. The quantitative estimate of drug-likeness (QED) is 0.733. The SMILES string of the molecule is CC1CNC(=O)C2Cc3ccc(C(N)=O)cc3N12. The van der Waals surface area contributed by atoms with Crippen molar-refractivity contribution in [2.45, 2.75) is 25.4 Å². The number of carbonyl (C=O) groups excluding carboxylic acids is 2. The van der Waals surface area contributed by atoms with Crippen molar-refractivity contribution in [2.24, 2.45) is 5.73 Å². The lowest BCUT2D eigenvalue weighted by Crippen LogP contribution is -2.58. The van der Waals surface area contributed by atoms with Crippen LogP contribution in [-0.2, 0) is 11.2 Å². The molecule has 1 saturated heterocycles. The van der Waals surface area contributed by atoms with Gasteiger partial charge in [0, 0.05) is 30.3 Å². The predicted octanol–water partition coefficient (Wildman–Crippen LogP) is 0.0349. The van der Waals surface area contributed by atoms with Crippen LogP contribution in [0.4, 0.5) is 5.69 Å². The second kappa shape index (κ2) is 3.73. The number of rotatable bonds is 1. The van der Waals surface area contributed by atoms with Gasteiger partial charge in [-0.1, -0.05) is 6.07 Å². The van der Waals surface area contributed by atoms with E-state index >= 15 is 0 Å². The fourth-order valence-corrected chi connectivity index (χ4v) is 2.83. The van der Waals surface area contributed by atoms with Crippen molar-refractivity contribution in [3.8, 4) is 0 Å². The minimum absolute atomic E-state index is 0.0601. The standard InChI is InChI=1S/C13H15N3O2/c1-7-6-15-13(18)11-4-8-2-3-9(12(14)17)5-10(8)16(7)11/h2-3,5,7,11H,4,6H2,1H3,(H2,14,17)(H,15,18). The zero-order valence-corrected chi connectivity index (χ0v) is 10.1. The Balaban J connectivity index is 2.06. The molecule has 94 valence electrons. The fourth-order valence-electron chi connectivity index (χ4n) is 2.83. The summed E-state index contributed by atoms with van der Waals surface area (Å²) in [4.78, 5) is 25.2. The molecule has 1 fully saturated rings. The molecule has 3 rings (SSSR count). The molecule has 0 aromatic heterocycles. The Morgan fingerprint density at radius 2 is 2.28 bits per heavy atom. The molecule has 1 aromatic carbocycles. The van der Waals surface area contributed by atoms with Crippen LogP contribution >= 0.6 is 0 Å². The van der Waals surface area contributed by atoms with Gasteiger partial charge in [0.05, 0.1) is 0 Å². The van der Waals surface area contributed by atoms with Crippen LogP contribution in [0.5, 0.6) is 0 Å². The number of amides is 2. The first kappa shape index (κ1) is 11.1. The molecule has 2 heterocycles. The third-order valence-electron chi connectivity index (χ3n) is 3.75. The number of primary amides is 1. The van der Waals surface area contributed by atoms with Crippen LogP contribution in [0, 0.1) is 0 Å². The highest BCUT2D eigenvalue weighted by atomic mass is 16.2. The van der Waals surface area contributed by atoms with Crippen molar-refractivity contribution in [3.05, 3.63) is 29.3 Å². The number of hydrogen-bond acceptors (Lipinski definition) is 3. The van der Waals surface area contributed by atoms with E-state index in [1.165, 1.54) is 0 Å². The van der Waals surface area contributed by atoms with Crippen molar-refractivity contribution < 1.29 is 9.59 Å². The Kier molecular flexibility index (Phi) is 2.29. The molecule has 0 saturated carbocycles. The molecule has 0 radical (unpaired) electrons. The van der Waals surface area contributed by atoms with Crippen LogP contribution in [0.15, 0.2) is 18.2 Å². The van der Waals surface area contributed by atoms with E-state index in [0.717, 1.165) is 11.3 Å². The van der Waals surface area contributed by atoms with Gasteiger partial charge in [-0.2, -0.15) is 0 Å². The van der Waals surface area contributed by atoms with Gasteiger partial charge in [0.2, 0.25) is 11.8 Å². The summed E-state index contributed by atoms with van der Waals surface area (Å²) in [5.41, 5.74) is 7.87. The molecule has 2 aliphatic heterocycles. The van der Waals surface area contributed by atoms with Gasteiger partial charge in [-0.05, 0) is 24.6 Å². The van der Waals surface area contributed by atoms with Gasteiger partial charge in [0.1, 0.15) is 6.04 Å². The van der Waals surface area contributed by atoms with Crippen LogP contribution in [0.3, 0.4) is 0 Å². The second-order valence-electron chi connectivity index (χ2n) is 4.93. The fraction of sp³-hybridized carbons (Fsp3) is 0.385. The van der Waals surface area contributed by atoms with E-state index in [1.54, 1.807) is 12.1 Å². The van der Waals surface area contributed by atoms with Crippen molar-refractivity contribution in [2.75, 3.05) is 11.4 Å². The van der Waals surface area contributed by atoms with Crippen LogP contribution in [0.25, 0.3) is 0 Å². The maximum Gasteiger partial charge on any atom is 0.248 e. The molecule has 5 nitrogen and oxygen atoms in total. The number of benzene rings is 1. The van der Waals surface area contributed by atoms with E-state index in [-0.39, 0.29) is 18.0 Å². The molecule has 1 aromatic rings. The summed E-state index contributed by atoms with van der Waals surface area (Å²) in [6, 6.07) is 5.51. The average Bonchev–Trinajstić information content (AvgIpc) is 2.73. The number of hydrogen-bond donors (Lipinski definition) is 2. The summed E-state index contributed by atoms with van der Waals surface area (Å²) < 4.78 is 0. The Morgan fingerprint density at radius 1 is 1.50 bits per heavy atom. The van der Waals surface area contributed by atoms with Gasteiger partial charge in [-0.25, -0.2) is 0 Å². The summed E-state index contributed by atoms with van der Waals surface area (Å²) >= 11 is 0. The van der Waals surface area contributed by atoms with E-state index in [4.69, 9.17) is 5.73 Å². The summed E-state index contributed by atoms with van der Waals surface area (Å²) in [7, 11) is 0. The van der Waals surface area contributed by atoms with E-state index < -0.39 is 5.91 Å². The first-order chi connectivity index (χ1) is 8.58. The van der Waals surface area contributed by atoms with Gasteiger partial charge < -0.3 is 16.0 Å². The molecular formula is C13H15N3O2. The Hall–Kier alpha value is -2.04. The van der Waals surface area contributed by atoms with Crippen molar-refractivity contribution in [3.63, 3.8) is 0 Å². The molecule has 0 spiro atoms. The summed E-state index contributed by atoms with van der Waals surface area (Å²) in [6.07, 6.45) is 0.699. The van der Waals surface area contributed by atoms with E-state index in [0.29, 0.717) is 18.5 Å². The Labute approximate surface area is 105 Å². The smallest absolute Gasteiger partial charge is 0.248 e. The zero-order valence-electron chi connectivity index (χ0n) is 10.1. The zero-order chi connectivity index (χ0) is 12.9. The lowest BCUT2D eigenvalue weighted by molar-refractivity contribution is -0.123. The monoisotopic (exact) mass is 245 g/mol. The Morgan fingerprint density at radius 3 is 3.00 bits per heavy atom. The molecule has 0 aliphatic carbocycles. The molecule has 5 heteroatoms. The number of nitrogens with zero attached hydrogens (tertiary/aromatic N) is 1. The normalized spacial score (nSPS) is 25.4. The number of carbonyl (C=O) groups is 2. The number of nitrogens with two attached hydrogens (primary N) is 1. The van der Waals surface area contributed by atoms with E-state index in [2.05, 4.69) is 17.1 Å². The van der Waals surface area contributed by atoms with Gasteiger partial charge in [-0.3, -0.25) is 9.59 Å². The minimum atomic E-state index is -0.435. The molecule has 2 aliphatic rings. The lowest BCUT2D eigenvalue weighted by atomic mass is 10.1. The lowest BCUT2D eigenvalue weighted by Gasteiger charge is -2.37. The van der Waals surface area contributed by atoms with Crippen LogP contribution in [0.2, 0.25) is 0 Å². The maximum atomic E-state index is 11.9. The van der Waals surface area contributed by atoms with Crippen molar-refractivity contribution in [1.29, 1.82) is 0 Å². The van der Waals surface area contributed by atoms with Crippen LogP contribution in [0.1, 0.15) is 22.8 Å². The van der Waals surface area contributed by atoms with Gasteiger partial charge in [0.25, 0.3) is 0 Å². The maximum absolute atomic E-state index is 11.9. The largest absolute Gasteiger partial charge is 0.366 e. The van der Waals surface area contributed by atoms with Gasteiger partial charge >= 0.3 is 0 Å². The number of anilines is 1. The molecule has 3 N–H and O–H groups in total. The molecule has 2 atom stereocenters. The average molecular weight is 245 g/mol. The topological polar surface area (TPSA) is 75.4 Å². The van der Waals surface area contributed by atoms with Gasteiger partial charge in [-0.15, -0.1) is 0 Å². The summed E-state index contributed by atoms with van der Waals surface area (Å²) in [6.45, 7) is 2.70. The molecule has 2 unspecified atom stereocenters.